The van der Waals surface area contributed by atoms with Crippen molar-refractivity contribution in [2.24, 2.45) is 11.8 Å². The van der Waals surface area contributed by atoms with Crippen molar-refractivity contribution >= 4 is 0 Å². The van der Waals surface area contributed by atoms with Crippen LogP contribution >= 0.6 is 0 Å². The van der Waals surface area contributed by atoms with Gasteiger partial charge in [-0.05, 0) is 38.3 Å². The highest BCUT2D eigenvalue weighted by molar-refractivity contribution is 4.77. The molecule has 0 aromatic rings. The summed E-state index contributed by atoms with van der Waals surface area (Å²) in [7, 11) is 2.27. The van der Waals surface area contributed by atoms with E-state index >= 15 is 0 Å². The topological polar surface area (TPSA) is 15.3 Å². The molecule has 1 aliphatic carbocycles. The van der Waals surface area contributed by atoms with E-state index in [1.54, 1.807) is 0 Å². The predicted octanol–water partition coefficient (Wildman–Crippen LogP) is 2.35. The maximum absolute atomic E-state index is 3.58. The van der Waals surface area contributed by atoms with Crippen molar-refractivity contribution in [2.45, 2.75) is 46.1 Å². The number of hydrogen-bond donors (Lipinski definition) is 1. The maximum Gasteiger partial charge on any atom is 0.0217 e. The quantitative estimate of drug-likeness (QED) is 0.697. The summed E-state index contributed by atoms with van der Waals surface area (Å²) in [5, 5.41) is 3.58. The SMILES string of the molecule is CCNC(CN(C)CC1CCC1)C(C)C. The van der Waals surface area contributed by atoms with E-state index in [4.69, 9.17) is 0 Å². The number of nitrogens with zero attached hydrogens (tertiary/aromatic N) is 1. The Hall–Kier alpha value is -0.0800. The fourth-order valence-corrected chi connectivity index (χ4v) is 2.30. The highest BCUT2D eigenvalue weighted by atomic mass is 15.1. The third-order valence-electron chi connectivity index (χ3n) is 3.57. The van der Waals surface area contributed by atoms with Gasteiger partial charge in [-0.25, -0.2) is 0 Å². The monoisotopic (exact) mass is 212 g/mol. The molecule has 0 aromatic heterocycles. The second kappa shape index (κ2) is 6.49. The van der Waals surface area contributed by atoms with Crippen LogP contribution in [0.4, 0.5) is 0 Å². The number of hydrogen-bond acceptors (Lipinski definition) is 2. The molecule has 0 radical (unpaired) electrons. The van der Waals surface area contributed by atoms with Gasteiger partial charge in [-0.15, -0.1) is 0 Å². The van der Waals surface area contributed by atoms with Crippen molar-refractivity contribution < 1.29 is 0 Å². The number of nitrogens with one attached hydrogen (secondary N) is 1. The molecule has 1 fully saturated rings. The Labute approximate surface area is 95.4 Å². The Morgan fingerprint density at radius 2 is 2.00 bits per heavy atom. The third kappa shape index (κ3) is 4.52. The molecule has 1 rings (SSSR count). The van der Waals surface area contributed by atoms with E-state index < -0.39 is 0 Å². The van der Waals surface area contributed by atoms with Crippen LogP contribution in [0.15, 0.2) is 0 Å². The number of likely N-dealkylation sites (N-methyl/N-ethyl adjacent to an activating group) is 2. The van der Waals surface area contributed by atoms with Crippen molar-refractivity contribution in [3.05, 3.63) is 0 Å². The molecule has 0 amide bonds. The van der Waals surface area contributed by atoms with E-state index in [-0.39, 0.29) is 0 Å². The smallest absolute Gasteiger partial charge is 0.0217 e. The van der Waals surface area contributed by atoms with E-state index in [9.17, 15) is 0 Å². The van der Waals surface area contributed by atoms with Gasteiger partial charge in [-0.3, -0.25) is 0 Å². The first-order chi connectivity index (χ1) is 7.13. The van der Waals surface area contributed by atoms with E-state index in [1.165, 1.54) is 32.4 Å². The molecule has 0 spiro atoms. The van der Waals surface area contributed by atoms with Crippen LogP contribution in [-0.4, -0.2) is 37.6 Å². The van der Waals surface area contributed by atoms with Crippen molar-refractivity contribution in [3.63, 3.8) is 0 Å². The first kappa shape index (κ1) is 13.0. The van der Waals surface area contributed by atoms with Crippen molar-refractivity contribution in [1.82, 2.24) is 10.2 Å². The fourth-order valence-electron chi connectivity index (χ4n) is 2.30. The van der Waals surface area contributed by atoms with Gasteiger partial charge in [0.05, 0.1) is 0 Å². The van der Waals surface area contributed by atoms with Gasteiger partial charge in [0, 0.05) is 19.1 Å². The van der Waals surface area contributed by atoms with Crippen LogP contribution in [0.5, 0.6) is 0 Å². The van der Waals surface area contributed by atoms with Gasteiger partial charge in [0.25, 0.3) is 0 Å². The van der Waals surface area contributed by atoms with E-state index in [2.05, 4.69) is 38.0 Å². The molecule has 1 saturated carbocycles. The highest BCUT2D eigenvalue weighted by Gasteiger charge is 2.21. The Kier molecular flexibility index (Phi) is 5.62. The summed E-state index contributed by atoms with van der Waals surface area (Å²) in [6.45, 7) is 10.4. The Bertz CT molecular complexity index is 164. The molecule has 0 saturated heterocycles. The molecular formula is C13H28N2. The van der Waals surface area contributed by atoms with Crippen LogP contribution < -0.4 is 5.32 Å². The number of rotatable bonds is 7. The molecule has 2 heteroatoms. The van der Waals surface area contributed by atoms with Gasteiger partial charge in [-0.2, -0.15) is 0 Å². The molecule has 1 aliphatic rings. The lowest BCUT2D eigenvalue weighted by atomic mass is 9.85. The Morgan fingerprint density at radius 3 is 2.40 bits per heavy atom. The van der Waals surface area contributed by atoms with Crippen LogP contribution in [0.2, 0.25) is 0 Å². The second-order valence-electron chi connectivity index (χ2n) is 5.43. The van der Waals surface area contributed by atoms with Crippen molar-refractivity contribution in [1.29, 1.82) is 0 Å². The van der Waals surface area contributed by atoms with Crippen molar-refractivity contribution in [3.8, 4) is 0 Å². The van der Waals surface area contributed by atoms with Crippen LogP contribution in [0, 0.1) is 11.8 Å². The fraction of sp³-hybridized carbons (Fsp3) is 1.00. The van der Waals surface area contributed by atoms with Gasteiger partial charge in [-0.1, -0.05) is 27.2 Å². The molecule has 1 unspecified atom stereocenters. The van der Waals surface area contributed by atoms with Crippen LogP contribution in [0.25, 0.3) is 0 Å². The minimum Gasteiger partial charge on any atom is -0.313 e. The second-order valence-corrected chi connectivity index (χ2v) is 5.43. The largest absolute Gasteiger partial charge is 0.313 e. The molecule has 90 valence electrons. The van der Waals surface area contributed by atoms with E-state index in [1.807, 2.05) is 0 Å². The summed E-state index contributed by atoms with van der Waals surface area (Å²) >= 11 is 0. The van der Waals surface area contributed by atoms with Crippen LogP contribution in [0.1, 0.15) is 40.0 Å². The predicted molar refractivity (Wildman–Crippen MR) is 67.1 cm³/mol. The standard InChI is InChI=1S/C13H28N2/c1-5-14-13(11(2)3)10-15(4)9-12-7-6-8-12/h11-14H,5-10H2,1-4H3. The summed E-state index contributed by atoms with van der Waals surface area (Å²) in [4.78, 5) is 2.51. The Balaban J connectivity index is 2.22. The lowest BCUT2D eigenvalue weighted by Gasteiger charge is -2.33. The average Bonchev–Trinajstić information content (AvgIpc) is 2.10. The zero-order valence-corrected chi connectivity index (χ0v) is 10.9. The van der Waals surface area contributed by atoms with Crippen molar-refractivity contribution in [2.75, 3.05) is 26.7 Å². The van der Waals surface area contributed by atoms with E-state index in [0.29, 0.717) is 6.04 Å². The minimum atomic E-state index is 0.653. The van der Waals surface area contributed by atoms with Gasteiger partial charge in [0.2, 0.25) is 0 Å². The van der Waals surface area contributed by atoms with Gasteiger partial charge < -0.3 is 10.2 Å². The molecule has 1 atom stereocenters. The van der Waals surface area contributed by atoms with E-state index in [0.717, 1.165) is 18.4 Å². The van der Waals surface area contributed by atoms with Gasteiger partial charge in [0.1, 0.15) is 0 Å². The summed E-state index contributed by atoms with van der Waals surface area (Å²) in [5.41, 5.74) is 0. The zero-order valence-electron chi connectivity index (χ0n) is 10.9. The van der Waals surface area contributed by atoms with Crippen LogP contribution in [-0.2, 0) is 0 Å². The molecule has 0 aliphatic heterocycles. The van der Waals surface area contributed by atoms with Crippen LogP contribution in [0.3, 0.4) is 0 Å². The molecule has 0 bridgehead atoms. The average molecular weight is 212 g/mol. The zero-order chi connectivity index (χ0) is 11.3. The molecule has 0 heterocycles. The summed E-state index contributed by atoms with van der Waals surface area (Å²) < 4.78 is 0. The molecule has 1 N–H and O–H groups in total. The minimum absolute atomic E-state index is 0.653. The summed E-state index contributed by atoms with van der Waals surface area (Å²) in [5.74, 6) is 1.72. The normalized spacial score (nSPS) is 19.6. The summed E-state index contributed by atoms with van der Waals surface area (Å²) in [6.07, 6.45) is 4.37. The lowest BCUT2D eigenvalue weighted by Crippen LogP contribution is -2.44. The summed E-state index contributed by atoms with van der Waals surface area (Å²) in [6, 6.07) is 0.653. The Morgan fingerprint density at radius 1 is 1.33 bits per heavy atom. The molecule has 15 heavy (non-hydrogen) atoms. The molecule has 2 nitrogen and oxygen atoms in total. The van der Waals surface area contributed by atoms with Gasteiger partial charge >= 0.3 is 0 Å². The third-order valence-corrected chi connectivity index (χ3v) is 3.57. The van der Waals surface area contributed by atoms with Gasteiger partial charge in [0.15, 0.2) is 0 Å². The maximum atomic E-state index is 3.58. The lowest BCUT2D eigenvalue weighted by molar-refractivity contribution is 0.181. The molecular weight excluding hydrogens is 184 g/mol. The first-order valence-corrected chi connectivity index (χ1v) is 6.55. The first-order valence-electron chi connectivity index (χ1n) is 6.55. The highest BCUT2D eigenvalue weighted by Crippen LogP contribution is 2.26. The molecule has 0 aromatic carbocycles.